The highest BCUT2D eigenvalue weighted by Gasteiger charge is 2.39. The van der Waals surface area contributed by atoms with Crippen LogP contribution in [0.3, 0.4) is 0 Å². The zero-order valence-corrected chi connectivity index (χ0v) is 13.5. The molecule has 1 aliphatic rings. The van der Waals surface area contributed by atoms with Crippen molar-refractivity contribution in [2.45, 2.75) is 37.6 Å². The lowest BCUT2D eigenvalue weighted by atomic mass is 9.92. The van der Waals surface area contributed by atoms with Crippen molar-refractivity contribution in [2.75, 3.05) is 6.54 Å². The molecule has 1 aromatic carbocycles. The molecule has 7 heteroatoms. The molecule has 21 heavy (non-hydrogen) atoms. The molecule has 5 nitrogen and oxygen atoms in total. The van der Waals surface area contributed by atoms with E-state index in [0.717, 1.165) is 0 Å². The molecule has 1 saturated heterocycles. The van der Waals surface area contributed by atoms with Crippen molar-refractivity contribution in [3.8, 4) is 0 Å². The van der Waals surface area contributed by atoms with Gasteiger partial charge >= 0.3 is 5.97 Å². The SMILES string of the molecule is Cc1ccc(Cl)cc1S(=O)(=O)N1CCC[C@@H](C(=O)O)[C@H]1C. The molecular formula is C14H18ClNO4S. The summed E-state index contributed by atoms with van der Waals surface area (Å²) in [5.74, 6) is -1.63. The Morgan fingerprint density at radius 3 is 2.71 bits per heavy atom. The number of aliphatic carboxylic acids is 1. The number of carboxylic acid groups (broad SMARTS) is 1. The van der Waals surface area contributed by atoms with Gasteiger partial charge in [-0.1, -0.05) is 17.7 Å². The smallest absolute Gasteiger partial charge is 0.308 e. The van der Waals surface area contributed by atoms with Crippen LogP contribution in [0.5, 0.6) is 0 Å². The summed E-state index contributed by atoms with van der Waals surface area (Å²) in [6.45, 7) is 3.68. The first-order valence-corrected chi connectivity index (χ1v) is 8.57. The molecule has 2 rings (SSSR count). The number of nitrogens with zero attached hydrogens (tertiary/aromatic N) is 1. The third-order valence-electron chi connectivity index (χ3n) is 3.98. The number of aryl methyl sites for hydroxylation is 1. The summed E-state index contributed by atoms with van der Waals surface area (Å²) >= 11 is 5.90. The first-order valence-electron chi connectivity index (χ1n) is 6.76. The van der Waals surface area contributed by atoms with Crippen LogP contribution in [0.2, 0.25) is 5.02 Å². The standard InChI is InChI=1S/C14H18ClNO4S/c1-9-5-6-11(15)8-13(9)21(19,20)16-7-3-4-12(10(16)2)14(17)18/h5-6,8,10,12H,3-4,7H2,1-2H3,(H,17,18)/t10-,12-/m1/s1. The van der Waals surface area contributed by atoms with Gasteiger partial charge in [-0.15, -0.1) is 0 Å². The van der Waals surface area contributed by atoms with Gasteiger partial charge in [-0.25, -0.2) is 8.42 Å². The molecule has 2 atom stereocenters. The summed E-state index contributed by atoms with van der Waals surface area (Å²) in [6.07, 6.45) is 1.04. The highest BCUT2D eigenvalue weighted by molar-refractivity contribution is 7.89. The average Bonchev–Trinajstić information content (AvgIpc) is 2.41. The first kappa shape index (κ1) is 16.3. The third-order valence-corrected chi connectivity index (χ3v) is 6.35. The van der Waals surface area contributed by atoms with E-state index in [1.807, 2.05) is 0 Å². The molecule has 0 saturated carbocycles. The molecule has 1 fully saturated rings. The van der Waals surface area contributed by atoms with Crippen LogP contribution >= 0.6 is 11.6 Å². The molecule has 1 aromatic rings. The molecule has 116 valence electrons. The second-order valence-corrected chi connectivity index (χ2v) is 7.65. The average molecular weight is 332 g/mol. The van der Waals surface area contributed by atoms with E-state index in [1.165, 1.54) is 10.4 Å². The van der Waals surface area contributed by atoms with E-state index in [4.69, 9.17) is 11.6 Å². The number of halogens is 1. The van der Waals surface area contributed by atoms with Gasteiger partial charge in [-0.2, -0.15) is 4.31 Å². The van der Waals surface area contributed by atoms with E-state index >= 15 is 0 Å². The predicted molar refractivity (Wildman–Crippen MR) is 79.9 cm³/mol. The number of sulfonamides is 1. The molecule has 0 aromatic heterocycles. The largest absolute Gasteiger partial charge is 0.481 e. The number of rotatable bonds is 3. The summed E-state index contributed by atoms with van der Waals surface area (Å²) < 4.78 is 26.9. The van der Waals surface area contributed by atoms with E-state index in [9.17, 15) is 18.3 Å². The normalized spacial score (nSPS) is 24.0. The predicted octanol–water partition coefficient (Wildman–Crippen LogP) is 2.52. The Morgan fingerprint density at radius 2 is 2.10 bits per heavy atom. The Morgan fingerprint density at radius 1 is 1.43 bits per heavy atom. The molecule has 1 heterocycles. The van der Waals surface area contributed by atoms with E-state index in [2.05, 4.69) is 0 Å². The van der Waals surface area contributed by atoms with Crippen LogP contribution in [-0.2, 0) is 14.8 Å². The molecule has 0 unspecified atom stereocenters. The van der Waals surface area contributed by atoms with Gasteiger partial charge in [-0.05, 0) is 44.4 Å². The summed E-state index contributed by atoms with van der Waals surface area (Å²) in [6, 6.07) is 4.14. The minimum absolute atomic E-state index is 0.146. The fraction of sp³-hybridized carbons (Fsp3) is 0.500. The Bertz CT molecular complexity index is 659. The van der Waals surface area contributed by atoms with Crippen molar-refractivity contribution in [3.63, 3.8) is 0 Å². The molecule has 0 bridgehead atoms. The Balaban J connectivity index is 2.43. The molecule has 0 spiro atoms. The maximum absolute atomic E-state index is 12.8. The molecule has 0 amide bonds. The number of carbonyl (C=O) groups is 1. The minimum atomic E-state index is -3.75. The van der Waals surface area contributed by atoms with E-state index in [0.29, 0.717) is 30.0 Å². The van der Waals surface area contributed by atoms with Crippen LogP contribution in [0.1, 0.15) is 25.3 Å². The van der Waals surface area contributed by atoms with E-state index in [1.54, 1.807) is 26.0 Å². The summed E-state index contributed by atoms with van der Waals surface area (Å²) in [4.78, 5) is 11.4. The Labute approximate surface area is 129 Å². The van der Waals surface area contributed by atoms with Gasteiger partial charge in [0.1, 0.15) is 0 Å². The van der Waals surface area contributed by atoms with Crippen LogP contribution in [0, 0.1) is 12.8 Å². The van der Waals surface area contributed by atoms with Crippen molar-refractivity contribution >= 4 is 27.6 Å². The maximum Gasteiger partial charge on any atom is 0.308 e. The zero-order valence-electron chi connectivity index (χ0n) is 11.9. The first-order chi connectivity index (χ1) is 9.75. The van der Waals surface area contributed by atoms with Gasteiger partial charge in [0.05, 0.1) is 10.8 Å². The van der Waals surface area contributed by atoms with Crippen LogP contribution in [0.15, 0.2) is 23.1 Å². The lowest BCUT2D eigenvalue weighted by molar-refractivity contribution is -0.144. The summed E-state index contributed by atoms with van der Waals surface area (Å²) in [7, 11) is -3.75. The summed E-state index contributed by atoms with van der Waals surface area (Å²) in [5.41, 5.74) is 0.601. The highest BCUT2D eigenvalue weighted by atomic mass is 35.5. The van der Waals surface area contributed by atoms with Gasteiger partial charge in [0.2, 0.25) is 10.0 Å². The van der Waals surface area contributed by atoms with Gasteiger partial charge in [0.15, 0.2) is 0 Å². The third kappa shape index (κ3) is 3.07. The second-order valence-electron chi connectivity index (χ2n) is 5.35. The quantitative estimate of drug-likeness (QED) is 0.923. The number of piperidine rings is 1. The lowest BCUT2D eigenvalue weighted by Gasteiger charge is -2.36. The van der Waals surface area contributed by atoms with Gasteiger partial charge in [-0.3, -0.25) is 4.79 Å². The number of hydrogen-bond donors (Lipinski definition) is 1. The topological polar surface area (TPSA) is 74.7 Å². The van der Waals surface area contributed by atoms with Gasteiger partial charge < -0.3 is 5.11 Å². The van der Waals surface area contributed by atoms with Crippen LogP contribution in [0.25, 0.3) is 0 Å². The Kier molecular flexibility index (Phi) is 4.60. The summed E-state index contributed by atoms with van der Waals surface area (Å²) in [5, 5.41) is 9.56. The number of benzene rings is 1. The van der Waals surface area contributed by atoms with Crippen molar-refractivity contribution in [1.82, 2.24) is 4.31 Å². The van der Waals surface area contributed by atoms with E-state index in [-0.39, 0.29) is 4.90 Å². The fourth-order valence-electron chi connectivity index (χ4n) is 2.76. The highest BCUT2D eigenvalue weighted by Crippen LogP contribution is 2.31. The zero-order chi connectivity index (χ0) is 15.8. The number of carboxylic acids is 1. The van der Waals surface area contributed by atoms with Crippen molar-refractivity contribution in [1.29, 1.82) is 0 Å². The van der Waals surface area contributed by atoms with Crippen LogP contribution in [-0.4, -0.2) is 36.4 Å². The molecule has 1 aliphatic heterocycles. The minimum Gasteiger partial charge on any atom is -0.481 e. The van der Waals surface area contributed by atoms with Crippen LogP contribution < -0.4 is 0 Å². The molecule has 0 radical (unpaired) electrons. The van der Waals surface area contributed by atoms with Crippen molar-refractivity contribution < 1.29 is 18.3 Å². The molecular weight excluding hydrogens is 314 g/mol. The van der Waals surface area contributed by atoms with Crippen LogP contribution in [0.4, 0.5) is 0 Å². The van der Waals surface area contributed by atoms with Crippen molar-refractivity contribution in [3.05, 3.63) is 28.8 Å². The van der Waals surface area contributed by atoms with Gasteiger partial charge in [0.25, 0.3) is 0 Å². The second kappa shape index (κ2) is 5.94. The lowest BCUT2D eigenvalue weighted by Crippen LogP contribution is -2.49. The number of hydrogen-bond acceptors (Lipinski definition) is 3. The Hall–Kier alpha value is -1.11. The monoisotopic (exact) mass is 331 g/mol. The molecule has 1 N–H and O–H groups in total. The fourth-order valence-corrected chi connectivity index (χ4v) is 4.95. The van der Waals surface area contributed by atoms with E-state index < -0.39 is 28.0 Å². The van der Waals surface area contributed by atoms with Gasteiger partial charge in [0, 0.05) is 17.6 Å². The molecule has 0 aliphatic carbocycles. The maximum atomic E-state index is 12.8. The van der Waals surface area contributed by atoms with Crippen molar-refractivity contribution in [2.24, 2.45) is 5.92 Å².